The highest BCUT2D eigenvalue weighted by molar-refractivity contribution is 6.31. The van der Waals surface area contributed by atoms with Crippen molar-refractivity contribution < 1.29 is 14.3 Å². The Bertz CT molecular complexity index is 498. The SMILES string of the molecule is COc1ccc(Cl)cc1N1CC(C#N)OC1=O. The highest BCUT2D eigenvalue weighted by atomic mass is 35.5. The average molecular weight is 253 g/mol. The van der Waals surface area contributed by atoms with Gasteiger partial charge in [-0.1, -0.05) is 11.6 Å². The van der Waals surface area contributed by atoms with Gasteiger partial charge in [0.1, 0.15) is 11.8 Å². The number of anilines is 1. The molecule has 0 aromatic heterocycles. The predicted molar refractivity (Wildman–Crippen MR) is 61.2 cm³/mol. The number of methoxy groups -OCH3 is 1. The third-order valence-corrected chi connectivity index (χ3v) is 2.62. The summed E-state index contributed by atoms with van der Waals surface area (Å²) in [4.78, 5) is 12.9. The minimum atomic E-state index is -0.758. The average Bonchev–Trinajstić information content (AvgIpc) is 2.70. The molecule has 1 amide bonds. The second kappa shape index (κ2) is 4.52. The minimum Gasteiger partial charge on any atom is -0.495 e. The summed E-state index contributed by atoms with van der Waals surface area (Å²) in [5.74, 6) is 0.505. The van der Waals surface area contributed by atoms with Crippen LogP contribution in [-0.2, 0) is 4.74 Å². The fraction of sp³-hybridized carbons (Fsp3) is 0.273. The number of rotatable bonds is 2. The Hall–Kier alpha value is -1.93. The molecule has 0 radical (unpaired) electrons. The summed E-state index contributed by atoms with van der Waals surface area (Å²) in [6.07, 6.45) is -1.33. The largest absolute Gasteiger partial charge is 0.495 e. The van der Waals surface area contributed by atoms with Crippen LogP contribution in [0.1, 0.15) is 0 Å². The molecule has 1 aliphatic heterocycles. The van der Waals surface area contributed by atoms with E-state index in [0.29, 0.717) is 16.5 Å². The molecule has 1 unspecified atom stereocenters. The van der Waals surface area contributed by atoms with Crippen molar-refractivity contribution >= 4 is 23.4 Å². The van der Waals surface area contributed by atoms with Crippen molar-refractivity contribution in [2.45, 2.75) is 6.10 Å². The molecule has 0 N–H and O–H groups in total. The smallest absolute Gasteiger partial charge is 0.415 e. The van der Waals surface area contributed by atoms with Crippen molar-refractivity contribution in [3.63, 3.8) is 0 Å². The molecule has 1 heterocycles. The lowest BCUT2D eigenvalue weighted by Crippen LogP contribution is -2.24. The van der Waals surface area contributed by atoms with Crippen LogP contribution in [0.5, 0.6) is 5.75 Å². The van der Waals surface area contributed by atoms with Gasteiger partial charge in [-0.25, -0.2) is 4.79 Å². The number of carbonyl (C=O) groups is 1. The lowest BCUT2D eigenvalue weighted by Gasteiger charge is -2.16. The summed E-state index contributed by atoms with van der Waals surface area (Å²) in [5, 5.41) is 9.20. The standard InChI is InChI=1S/C11H9ClN2O3/c1-16-10-3-2-7(12)4-9(10)14-6-8(5-13)17-11(14)15/h2-4,8H,6H2,1H3. The summed E-state index contributed by atoms with van der Waals surface area (Å²) in [7, 11) is 1.50. The lowest BCUT2D eigenvalue weighted by atomic mass is 10.2. The number of cyclic esters (lactones) is 1. The van der Waals surface area contributed by atoms with Crippen LogP contribution in [0.4, 0.5) is 10.5 Å². The zero-order valence-electron chi connectivity index (χ0n) is 9.01. The molecule has 1 saturated heterocycles. The molecule has 0 bridgehead atoms. The van der Waals surface area contributed by atoms with Crippen LogP contribution in [0.3, 0.4) is 0 Å². The maximum Gasteiger partial charge on any atom is 0.415 e. The molecule has 6 heteroatoms. The van der Waals surface area contributed by atoms with Gasteiger partial charge in [0.15, 0.2) is 0 Å². The Kier molecular flexibility index (Phi) is 3.07. The van der Waals surface area contributed by atoms with Gasteiger partial charge in [-0.15, -0.1) is 0 Å². The number of nitrogens with zero attached hydrogens (tertiary/aromatic N) is 2. The normalized spacial score (nSPS) is 18.8. The molecule has 1 aromatic rings. The molecule has 88 valence electrons. The molecule has 5 nitrogen and oxygen atoms in total. The van der Waals surface area contributed by atoms with Crippen LogP contribution >= 0.6 is 11.6 Å². The molecule has 17 heavy (non-hydrogen) atoms. The topological polar surface area (TPSA) is 62.6 Å². The number of hydrogen-bond donors (Lipinski definition) is 0. The quantitative estimate of drug-likeness (QED) is 0.809. The zero-order valence-corrected chi connectivity index (χ0v) is 9.77. The number of halogens is 1. The van der Waals surface area contributed by atoms with Crippen LogP contribution in [0.2, 0.25) is 5.02 Å². The molecule has 1 aromatic carbocycles. The highest BCUT2D eigenvalue weighted by Gasteiger charge is 2.33. The van der Waals surface area contributed by atoms with Crippen LogP contribution in [-0.4, -0.2) is 25.9 Å². The van der Waals surface area contributed by atoms with Gasteiger partial charge < -0.3 is 9.47 Å². The summed E-state index contributed by atoms with van der Waals surface area (Å²) >= 11 is 5.87. The first-order valence-corrected chi connectivity index (χ1v) is 5.25. The van der Waals surface area contributed by atoms with Crippen molar-refractivity contribution in [2.24, 2.45) is 0 Å². The van der Waals surface area contributed by atoms with E-state index in [-0.39, 0.29) is 6.54 Å². The molecular weight excluding hydrogens is 244 g/mol. The maximum absolute atomic E-state index is 11.6. The number of hydrogen-bond acceptors (Lipinski definition) is 4. The number of benzene rings is 1. The van der Waals surface area contributed by atoms with Crippen molar-refractivity contribution in [3.8, 4) is 11.8 Å². The van der Waals surface area contributed by atoms with Crippen molar-refractivity contribution in [1.29, 1.82) is 5.26 Å². The van der Waals surface area contributed by atoms with E-state index in [1.54, 1.807) is 18.2 Å². The predicted octanol–water partition coefficient (Wildman–Crippen LogP) is 2.20. The second-order valence-corrected chi connectivity index (χ2v) is 3.86. The van der Waals surface area contributed by atoms with Gasteiger partial charge in [0, 0.05) is 5.02 Å². The van der Waals surface area contributed by atoms with Crippen molar-refractivity contribution in [2.75, 3.05) is 18.6 Å². The number of nitriles is 1. The summed E-state index contributed by atoms with van der Waals surface area (Å²) in [5.41, 5.74) is 0.503. The number of amides is 1. The van der Waals surface area contributed by atoms with Crippen LogP contribution in [0.25, 0.3) is 0 Å². The van der Waals surface area contributed by atoms with E-state index >= 15 is 0 Å². The molecule has 0 saturated carbocycles. The van der Waals surface area contributed by atoms with Crippen LogP contribution < -0.4 is 9.64 Å². The number of ether oxygens (including phenoxy) is 2. The van der Waals surface area contributed by atoms with E-state index in [9.17, 15) is 4.79 Å². The molecule has 1 fully saturated rings. The van der Waals surface area contributed by atoms with Gasteiger partial charge in [0.25, 0.3) is 0 Å². The van der Waals surface area contributed by atoms with E-state index in [4.69, 9.17) is 26.3 Å². The Labute approximate surface area is 103 Å². The fourth-order valence-corrected chi connectivity index (χ4v) is 1.77. The van der Waals surface area contributed by atoms with E-state index in [2.05, 4.69) is 0 Å². The molecule has 2 rings (SSSR count). The van der Waals surface area contributed by atoms with Crippen LogP contribution in [0.15, 0.2) is 18.2 Å². The van der Waals surface area contributed by atoms with E-state index in [1.165, 1.54) is 12.0 Å². The van der Waals surface area contributed by atoms with Crippen molar-refractivity contribution in [3.05, 3.63) is 23.2 Å². The van der Waals surface area contributed by atoms with E-state index in [1.807, 2.05) is 6.07 Å². The molecule has 0 aliphatic carbocycles. The highest BCUT2D eigenvalue weighted by Crippen LogP contribution is 2.33. The Balaban J connectivity index is 2.37. The minimum absolute atomic E-state index is 0.173. The molecule has 1 aliphatic rings. The van der Waals surface area contributed by atoms with E-state index in [0.717, 1.165) is 0 Å². The fourth-order valence-electron chi connectivity index (χ4n) is 1.60. The van der Waals surface area contributed by atoms with Gasteiger partial charge in [0.05, 0.1) is 19.3 Å². The lowest BCUT2D eigenvalue weighted by molar-refractivity contribution is 0.162. The third-order valence-electron chi connectivity index (χ3n) is 2.39. The summed E-state index contributed by atoms with van der Waals surface area (Å²) < 4.78 is 9.98. The summed E-state index contributed by atoms with van der Waals surface area (Å²) in [6.45, 7) is 0.173. The summed E-state index contributed by atoms with van der Waals surface area (Å²) in [6, 6.07) is 6.80. The van der Waals surface area contributed by atoms with Gasteiger partial charge in [-0.2, -0.15) is 5.26 Å². The zero-order chi connectivity index (χ0) is 12.4. The van der Waals surface area contributed by atoms with Crippen molar-refractivity contribution in [1.82, 2.24) is 0 Å². The molecule has 1 atom stereocenters. The van der Waals surface area contributed by atoms with E-state index < -0.39 is 12.2 Å². The molecule has 0 spiro atoms. The first-order valence-electron chi connectivity index (χ1n) is 4.87. The maximum atomic E-state index is 11.6. The Morgan fingerprint density at radius 2 is 2.41 bits per heavy atom. The number of carbonyl (C=O) groups excluding carboxylic acids is 1. The van der Waals surface area contributed by atoms with Gasteiger partial charge in [-0.3, -0.25) is 4.90 Å². The van der Waals surface area contributed by atoms with Gasteiger partial charge >= 0.3 is 6.09 Å². The van der Waals surface area contributed by atoms with Crippen LogP contribution in [0, 0.1) is 11.3 Å². The first kappa shape index (κ1) is 11.6. The first-order chi connectivity index (χ1) is 8.15. The van der Waals surface area contributed by atoms with Gasteiger partial charge in [-0.05, 0) is 18.2 Å². The monoisotopic (exact) mass is 252 g/mol. The van der Waals surface area contributed by atoms with Gasteiger partial charge in [0.2, 0.25) is 6.10 Å². The second-order valence-electron chi connectivity index (χ2n) is 3.43. The third kappa shape index (κ3) is 2.12. The Morgan fingerprint density at radius 3 is 3.00 bits per heavy atom. The molecular formula is C11H9ClN2O3. The Morgan fingerprint density at radius 1 is 1.65 bits per heavy atom.